The Hall–Kier alpha value is -2.87. The van der Waals surface area contributed by atoms with E-state index in [1.807, 2.05) is 44.4 Å². The fourth-order valence-electron chi connectivity index (χ4n) is 3.50. The first kappa shape index (κ1) is 22.8. The summed E-state index contributed by atoms with van der Waals surface area (Å²) in [5.74, 6) is -0.0678. The molecule has 1 aliphatic heterocycles. The van der Waals surface area contributed by atoms with Crippen molar-refractivity contribution >= 4 is 34.2 Å². The fraction of sp³-hybridized carbons (Fsp3) is 0.435. The molecule has 1 aromatic heterocycles. The van der Waals surface area contributed by atoms with Gasteiger partial charge in [0, 0.05) is 0 Å². The Bertz CT molecular complexity index is 1000. The minimum absolute atomic E-state index is 0.0473. The van der Waals surface area contributed by atoms with Gasteiger partial charge >= 0.3 is 12.0 Å². The lowest BCUT2D eigenvalue weighted by Gasteiger charge is -2.26. The molecule has 0 spiro atoms. The Balaban J connectivity index is 1.78. The average molecular weight is 445 g/mol. The number of anilines is 1. The maximum absolute atomic E-state index is 12.9. The molecule has 1 aromatic carbocycles. The van der Waals surface area contributed by atoms with E-state index in [1.54, 1.807) is 20.8 Å². The standard InChI is InChI=1S/C23H28N2O5S/c1-7-29-21(27)23(5,6)30-20-15(3)9-17(10-16(20)4)11-24-18(26)12-25(22(24)28)19-8-14(2)13-31-19/h8-10,13H,7,11-12H2,1-6H3. The molecule has 166 valence electrons. The van der Waals surface area contributed by atoms with Crippen molar-refractivity contribution in [3.63, 3.8) is 0 Å². The summed E-state index contributed by atoms with van der Waals surface area (Å²) in [7, 11) is 0. The van der Waals surface area contributed by atoms with Crippen LogP contribution >= 0.6 is 11.3 Å². The van der Waals surface area contributed by atoms with Crippen molar-refractivity contribution in [3.05, 3.63) is 45.8 Å². The molecule has 0 radical (unpaired) electrons. The van der Waals surface area contributed by atoms with E-state index in [1.165, 1.54) is 21.1 Å². The molecule has 1 fully saturated rings. The van der Waals surface area contributed by atoms with Gasteiger partial charge in [0.1, 0.15) is 12.3 Å². The van der Waals surface area contributed by atoms with E-state index in [9.17, 15) is 14.4 Å². The normalized spacial score (nSPS) is 14.4. The highest BCUT2D eigenvalue weighted by molar-refractivity contribution is 7.14. The number of carbonyl (C=O) groups is 3. The zero-order chi connectivity index (χ0) is 22.9. The van der Waals surface area contributed by atoms with Crippen molar-refractivity contribution in [2.24, 2.45) is 0 Å². The third-order valence-electron chi connectivity index (χ3n) is 5.02. The summed E-state index contributed by atoms with van der Waals surface area (Å²) in [6, 6.07) is 5.35. The second-order valence-corrected chi connectivity index (χ2v) is 9.09. The highest BCUT2D eigenvalue weighted by atomic mass is 32.1. The number of ether oxygens (including phenoxy) is 2. The molecule has 3 amide bonds. The maximum Gasteiger partial charge on any atom is 0.349 e. The predicted octanol–water partition coefficient (Wildman–Crippen LogP) is 4.36. The Morgan fingerprint density at radius 2 is 1.77 bits per heavy atom. The molecule has 8 heteroatoms. The van der Waals surface area contributed by atoms with E-state index in [0.29, 0.717) is 5.75 Å². The van der Waals surface area contributed by atoms with Gasteiger partial charge in [0.15, 0.2) is 5.60 Å². The van der Waals surface area contributed by atoms with Crippen molar-refractivity contribution in [2.75, 3.05) is 18.1 Å². The van der Waals surface area contributed by atoms with Crippen LogP contribution in [0.5, 0.6) is 5.75 Å². The first-order valence-corrected chi connectivity index (χ1v) is 11.0. The van der Waals surface area contributed by atoms with Gasteiger partial charge in [-0.3, -0.25) is 14.6 Å². The predicted molar refractivity (Wildman–Crippen MR) is 120 cm³/mol. The van der Waals surface area contributed by atoms with Crippen LogP contribution in [0.3, 0.4) is 0 Å². The zero-order valence-electron chi connectivity index (χ0n) is 18.8. The Kier molecular flexibility index (Phi) is 6.40. The number of benzene rings is 1. The summed E-state index contributed by atoms with van der Waals surface area (Å²) in [6.07, 6.45) is 0. The number of rotatable bonds is 7. The van der Waals surface area contributed by atoms with Crippen LogP contribution in [0.15, 0.2) is 23.6 Å². The lowest BCUT2D eigenvalue weighted by Crippen LogP contribution is -2.40. The largest absolute Gasteiger partial charge is 0.476 e. The zero-order valence-corrected chi connectivity index (χ0v) is 19.6. The number of thiophene rings is 1. The molecule has 2 aromatic rings. The summed E-state index contributed by atoms with van der Waals surface area (Å²) in [4.78, 5) is 40.3. The lowest BCUT2D eigenvalue weighted by molar-refractivity contribution is -0.158. The molecule has 2 heterocycles. The topological polar surface area (TPSA) is 76.2 Å². The second-order valence-electron chi connectivity index (χ2n) is 8.20. The van der Waals surface area contributed by atoms with Crippen molar-refractivity contribution in [3.8, 4) is 5.75 Å². The molecule has 0 bridgehead atoms. The number of amides is 3. The number of esters is 1. The van der Waals surface area contributed by atoms with Gasteiger partial charge in [0.2, 0.25) is 0 Å². The van der Waals surface area contributed by atoms with E-state index in [4.69, 9.17) is 9.47 Å². The van der Waals surface area contributed by atoms with Crippen LogP contribution in [0.1, 0.15) is 43.0 Å². The number of hydrogen-bond acceptors (Lipinski definition) is 6. The number of hydrogen-bond donors (Lipinski definition) is 0. The van der Waals surface area contributed by atoms with Gasteiger partial charge in [-0.05, 0) is 75.2 Å². The smallest absolute Gasteiger partial charge is 0.349 e. The van der Waals surface area contributed by atoms with Crippen molar-refractivity contribution in [1.29, 1.82) is 0 Å². The molecule has 31 heavy (non-hydrogen) atoms. The first-order valence-electron chi connectivity index (χ1n) is 10.2. The highest BCUT2D eigenvalue weighted by Gasteiger charge is 2.38. The molecule has 1 saturated heterocycles. The van der Waals surface area contributed by atoms with Gasteiger partial charge in [-0.25, -0.2) is 9.59 Å². The molecule has 1 aliphatic rings. The number of imide groups is 1. The van der Waals surface area contributed by atoms with Crippen LogP contribution in [-0.2, 0) is 20.9 Å². The van der Waals surface area contributed by atoms with Gasteiger partial charge in [0.25, 0.3) is 5.91 Å². The Morgan fingerprint density at radius 1 is 1.13 bits per heavy atom. The van der Waals surface area contributed by atoms with Crippen LogP contribution < -0.4 is 9.64 Å². The van der Waals surface area contributed by atoms with E-state index in [0.717, 1.165) is 27.3 Å². The van der Waals surface area contributed by atoms with Crippen LogP contribution in [-0.4, -0.2) is 41.6 Å². The summed E-state index contributed by atoms with van der Waals surface area (Å²) >= 11 is 1.45. The van der Waals surface area contributed by atoms with E-state index < -0.39 is 11.6 Å². The SMILES string of the molecule is CCOC(=O)C(C)(C)Oc1c(C)cc(CN2C(=O)CN(c3cc(C)cs3)C2=O)cc1C. The van der Waals surface area contributed by atoms with Gasteiger partial charge in [-0.15, -0.1) is 11.3 Å². The molecular formula is C23H28N2O5S. The molecule has 0 atom stereocenters. The Labute approximate surface area is 186 Å². The number of aryl methyl sites for hydroxylation is 3. The Morgan fingerprint density at radius 3 is 2.32 bits per heavy atom. The number of urea groups is 1. The molecule has 0 saturated carbocycles. The van der Waals surface area contributed by atoms with Crippen LogP contribution in [0.25, 0.3) is 0 Å². The third-order valence-corrected chi connectivity index (χ3v) is 6.09. The van der Waals surface area contributed by atoms with E-state index in [2.05, 4.69) is 0 Å². The number of carbonyl (C=O) groups excluding carboxylic acids is 3. The summed E-state index contributed by atoms with van der Waals surface area (Å²) in [5, 5.41) is 2.73. The van der Waals surface area contributed by atoms with Crippen LogP contribution in [0, 0.1) is 20.8 Å². The van der Waals surface area contributed by atoms with Gasteiger partial charge < -0.3 is 9.47 Å². The van der Waals surface area contributed by atoms with Crippen LogP contribution in [0.4, 0.5) is 9.80 Å². The van der Waals surface area contributed by atoms with Gasteiger partial charge in [-0.2, -0.15) is 0 Å². The summed E-state index contributed by atoms with van der Waals surface area (Å²) in [6.45, 7) is 11.3. The quantitative estimate of drug-likeness (QED) is 0.468. The minimum atomic E-state index is -1.13. The van der Waals surface area contributed by atoms with Crippen LogP contribution in [0.2, 0.25) is 0 Å². The molecule has 0 unspecified atom stereocenters. The monoisotopic (exact) mass is 444 g/mol. The van der Waals surface area contributed by atoms with E-state index in [-0.39, 0.29) is 31.6 Å². The van der Waals surface area contributed by atoms with Crippen molar-refractivity contribution in [1.82, 2.24) is 4.90 Å². The first-order chi connectivity index (χ1) is 14.5. The van der Waals surface area contributed by atoms with Crippen molar-refractivity contribution in [2.45, 2.75) is 53.7 Å². The molecule has 3 rings (SSSR count). The third kappa shape index (κ3) is 4.74. The molecule has 7 nitrogen and oxygen atoms in total. The average Bonchev–Trinajstić information content (AvgIpc) is 3.23. The fourth-order valence-corrected chi connectivity index (χ4v) is 4.40. The maximum atomic E-state index is 12.9. The summed E-state index contributed by atoms with van der Waals surface area (Å²) < 4.78 is 11.1. The van der Waals surface area contributed by atoms with Gasteiger partial charge in [-0.1, -0.05) is 12.1 Å². The summed E-state index contributed by atoms with van der Waals surface area (Å²) in [5.41, 5.74) is 2.38. The molecule has 0 N–H and O–H groups in total. The minimum Gasteiger partial charge on any atom is -0.476 e. The lowest BCUT2D eigenvalue weighted by atomic mass is 10.0. The van der Waals surface area contributed by atoms with Gasteiger partial charge in [0.05, 0.1) is 18.2 Å². The molecular weight excluding hydrogens is 416 g/mol. The van der Waals surface area contributed by atoms with E-state index >= 15 is 0 Å². The van der Waals surface area contributed by atoms with Crippen molar-refractivity contribution < 1.29 is 23.9 Å². The second kappa shape index (κ2) is 8.70. The highest BCUT2D eigenvalue weighted by Crippen LogP contribution is 2.32. The number of nitrogens with zero attached hydrogens (tertiary/aromatic N) is 2. The molecule has 0 aliphatic carbocycles.